The highest BCUT2D eigenvalue weighted by atomic mass is 16.5. The molecule has 0 unspecified atom stereocenters. The molecule has 142 valence electrons. The minimum Gasteiger partial charge on any atom is -0.484 e. The zero-order chi connectivity index (χ0) is 19.5. The van der Waals surface area contributed by atoms with E-state index in [0.29, 0.717) is 17.6 Å². The number of oxazole rings is 1. The SMILES string of the molecule is Cc1cc(OCc2ncco2)cc(=O)n1[C@H](C)c1ccc(C#CC2CC2)cc1. The molecule has 0 N–H and O–H groups in total. The van der Waals surface area contributed by atoms with E-state index in [4.69, 9.17) is 9.15 Å². The normalized spacial score (nSPS) is 14.2. The molecule has 0 spiro atoms. The van der Waals surface area contributed by atoms with Crippen LogP contribution in [-0.4, -0.2) is 9.55 Å². The van der Waals surface area contributed by atoms with Gasteiger partial charge < -0.3 is 13.7 Å². The molecule has 1 atom stereocenters. The number of ether oxygens (including phenoxy) is 1. The lowest BCUT2D eigenvalue weighted by Gasteiger charge is -2.19. The predicted molar refractivity (Wildman–Crippen MR) is 106 cm³/mol. The van der Waals surface area contributed by atoms with Crippen LogP contribution in [0.15, 0.2) is 58.1 Å². The molecular formula is C23H22N2O3. The molecule has 5 heteroatoms. The molecule has 3 aromatic rings. The van der Waals surface area contributed by atoms with E-state index in [-0.39, 0.29) is 18.2 Å². The van der Waals surface area contributed by atoms with Gasteiger partial charge in [0.05, 0.1) is 12.2 Å². The van der Waals surface area contributed by atoms with E-state index in [1.54, 1.807) is 10.8 Å². The fourth-order valence-corrected chi connectivity index (χ4v) is 3.14. The summed E-state index contributed by atoms with van der Waals surface area (Å²) in [7, 11) is 0. The fraction of sp³-hybridized carbons (Fsp3) is 0.304. The Bertz CT molecular complexity index is 1070. The summed E-state index contributed by atoms with van der Waals surface area (Å²) in [6, 6.07) is 11.4. The summed E-state index contributed by atoms with van der Waals surface area (Å²) in [5.74, 6) is 8.06. The van der Waals surface area contributed by atoms with Crippen molar-refractivity contribution in [3.05, 3.63) is 81.9 Å². The van der Waals surface area contributed by atoms with Crippen LogP contribution in [0.25, 0.3) is 0 Å². The first-order valence-electron chi connectivity index (χ1n) is 9.46. The minimum absolute atomic E-state index is 0.0845. The van der Waals surface area contributed by atoms with E-state index < -0.39 is 0 Å². The van der Waals surface area contributed by atoms with Gasteiger partial charge in [-0.25, -0.2) is 4.98 Å². The standard InChI is InChI=1S/C23H22N2O3/c1-16-13-21(28-15-22-24-11-12-27-22)14-23(26)25(16)17(2)20-9-7-19(8-10-20)6-5-18-3-4-18/h7-14,17-18H,3-4,15H2,1-2H3/t17-/m1/s1. The fourth-order valence-electron chi connectivity index (χ4n) is 3.14. The second kappa shape index (κ2) is 7.77. The van der Waals surface area contributed by atoms with Crippen molar-refractivity contribution in [1.29, 1.82) is 0 Å². The van der Waals surface area contributed by atoms with Crippen LogP contribution in [0.2, 0.25) is 0 Å². The zero-order valence-electron chi connectivity index (χ0n) is 16.0. The first kappa shape index (κ1) is 18.1. The largest absolute Gasteiger partial charge is 0.484 e. The Balaban J connectivity index is 1.51. The highest BCUT2D eigenvalue weighted by Gasteiger charge is 2.18. The van der Waals surface area contributed by atoms with Gasteiger partial charge in [0.1, 0.15) is 12.0 Å². The van der Waals surface area contributed by atoms with Crippen molar-refractivity contribution in [2.75, 3.05) is 0 Å². The van der Waals surface area contributed by atoms with Crippen LogP contribution in [0.4, 0.5) is 0 Å². The van der Waals surface area contributed by atoms with E-state index >= 15 is 0 Å². The van der Waals surface area contributed by atoms with Crippen molar-refractivity contribution in [2.45, 2.75) is 39.3 Å². The monoisotopic (exact) mass is 374 g/mol. The number of nitrogens with zero attached hydrogens (tertiary/aromatic N) is 2. The Morgan fingerprint density at radius 1 is 1.29 bits per heavy atom. The molecule has 5 nitrogen and oxygen atoms in total. The minimum atomic E-state index is -0.104. The van der Waals surface area contributed by atoms with Gasteiger partial charge in [0, 0.05) is 23.2 Å². The molecule has 0 radical (unpaired) electrons. The summed E-state index contributed by atoms with van der Waals surface area (Å²) < 4.78 is 12.6. The van der Waals surface area contributed by atoms with Gasteiger partial charge in [-0.2, -0.15) is 0 Å². The summed E-state index contributed by atoms with van der Waals surface area (Å²) in [5.41, 5.74) is 2.81. The number of hydrogen-bond acceptors (Lipinski definition) is 4. The third-order valence-corrected chi connectivity index (χ3v) is 4.86. The highest BCUT2D eigenvalue weighted by Crippen LogP contribution is 2.27. The smallest absolute Gasteiger partial charge is 0.254 e. The van der Waals surface area contributed by atoms with Crippen LogP contribution >= 0.6 is 0 Å². The van der Waals surface area contributed by atoms with Crippen LogP contribution in [0.3, 0.4) is 0 Å². The molecule has 2 heterocycles. The Labute approximate surface area is 164 Å². The van der Waals surface area contributed by atoms with E-state index in [2.05, 4.69) is 16.8 Å². The van der Waals surface area contributed by atoms with Gasteiger partial charge >= 0.3 is 0 Å². The number of aromatic nitrogens is 2. The second-order valence-corrected chi connectivity index (χ2v) is 7.10. The van der Waals surface area contributed by atoms with Gasteiger partial charge in [-0.1, -0.05) is 24.0 Å². The van der Waals surface area contributed by atoms with Crippen molar-refractivity contribution < 1.29 is 9.15 Å². The van der Waals surface area contributed by atoms with E-state index in [1.165, 1.54) is 25.2 Å². The van der Waals surface area contributed by atoms with Crippen LogP contribution in [-0.2, 0) is 6.61 Å². The quantitative estimate of drug-likeness (QED) is 0.631. The summed E-state index contributed by atoms with van der Waals surface area (Å²) in [6.07, 6.45) is 5.50. The van der Waals surface area contributed by atoms with E-state index in [9.17, 15) is 4.79 Å². The van der Waals surface area contributed by atoms with Crippen molar-refractivity contribution >= 4 is 0 Å². The zero-order valence-corrected chi connectivity index (χ0v) is 16.0. The molecule has 0 saturated heterocycles. The summed E-state index contributed by atoms with van der Waals surface area (Å²) >= 11 is 0. The van der Waals surface area contributed by atoms with Gasteiger partial charge in [-0.3, -0.25) is 4.79 Å². The maximum atomic E-state index is 12.7. The molecule has 1 aromatic carbocycles. The third kappa shape index (κ3) is 4.17. The lowest BCUT2D eigenvalue weighted by Crippen LogP contribution is -2.25. The first-order chi connectivity index (χ1) is 13.6. The lowest BCUT2D eigenvalue weighted by molar-refractivity contribution is 0.261. The Kier molecular flexibility index (Phi) is 5.03. The highest BCUT2D eigenvalue weighted by molar-refractivity contribution is 5.38. The molecule has 0 aliphatic heterocycles. The van der Waals surface area contributed by atoms with Crippen LogP contribution in [0.5, 0.6) is 5.75 Å². The van der Waals surface area contributed by atoms with Gasteiger partial charge in [0.25, 0.3) is 5.56 Å². The van der Waals surface area contributed by atoms with Gasteiger partial charge in [-0.05, 0) is 50.5 Å². The van der Waals surface area contributed by atoms with E-state index in [0.717, 1.165) is 16.8 Å². The van der Waals surface area contributed by atoms with Gasteiger partial charge in [-0.15, -0.1) is 0 Å². The number of hydrogen-bond donors (Lipinski definition) is 0. The molecule has 2 aromatic heterocycles. The molecule has 1 aliphatic carbocycles. The van der Waals surface area contributed by atoms with Crippen molar-refractivity contribution in [3.63, 3.8) is 0 Å². The van der Waals surface area contributed by atoms with Crippen molar-refractivity contribution in [1.82, 2.24) is 9.55 Å². The van der Waals surface area contributed by atoms with Crippen LogP contribution in [0, 0.1) is 24.7 Å². The maximum absolute atomic E-state index is 12.7. The Morgan fingerprint density at radius 2 is 2.07 bits per heavy atom. The predicted octanol–water partition coefficient (Wildman–Crippen LogP) is 4.09. The van der Waals surface area contributed by atoms with Crippen LogP contribution in [0.1, 0.15) is 48.5 Å². The topological polar surface area (TPSA) is 57.3 Å². The number of pyridine rings is 1. The van der Waals surface area contributed by atoms with E-state index in [1.807, 2.05) is 44.2 Å². The molecule has 0 bridgehead atoms. The second-order valence-electron chi connectivity index (χ2n) is 7.10. The van der Waals surface area contributed by atoms with Gasteiger partial charge in [0.15, 0.2) is 6.61 Å². The number of aryl methyl sites for hydroxylation is 1. The molecule has 0 amide bonds. The molecule has 1 aliphatic rings. The number of benzene rings is 1. The summed E-state index contributed by atoms with van der Waals surface area (Å²) in [5, 5.41) is 0. The van der Waals surface area contributed by atoms with Crippen LogP contribution < -0.4 is 10.3 Å². The summed E-state index contributed by atoms with van der Waals surface area (Å²) in [6.45, 7) is 4.12. The average molecular weight is 374 g/mol. The Hall–Kier alpha value is -3.26. The third-order valence-electron chi connectivity index (χ3n) is 4.86. The molecule has 1 saturated carbocycles. The van der Waals surface area contributed by atoms with Crippen molar-refractivity contribution in [3.8, 4) is 17.6 Å². The molecule has 1 fully saturated rings. The maximum Gasteiger partial charge on any atom is 0.254 e. The molecular weight excluding hydrogens is 352 g/mol. The molecule has 4 rings (SSSR count). The molecule has 28 heavy (non-hydrogen) atoms. The average Bonchev–Trinajstić information content (AvgIpc) is 3.37. The Morgan fingerprint density at radius 3 is 2.71 bits per heavy atom. The first-order valence-corrected chi connectivity index (χ1v) is 9.46. The van der Waals surface area contributed by atoms with Crippen molar-refractivity contribution in [2.24, 2.45) is 5.92 Å². The number of rotatable bonds is 5. The summed E-state index contributed by atoms with van der Waals surface area (Å²) in [4.78, 5) is 16.7. The lowest BCUT2D eigenvalue weighted by atomic mass is 10.1. The van der Waals surface area contributed by atoms with Gasteiger partial charge in [0.2, 0.25) is 5.89 Å².